The zero-order chi connectivity index (χ0) is 25.5. The Balaban J connectivity index is 1.40. The van der Waals surface area contributed by atoms with Gasteiger partial charge >= 0.3 is 0 Å². The minimum atomic E-state index is -0.160. The average molecular weight is 490 g/mol. The first kappa shape index (κ1) is 26.0. The lowest BCUT2D eigenvalue weighted by molar-refractivity contribution is 0.0937. The summed E-state index contributed by atoms with van der Waals surface area (Å²) in [5, 5.41) is 9.94. The van der Waals surface area contributed by atoms with Crippen LogP contribution in [0.3, 0.4) is 0 Å². The van der Waals surface area contributed by atoms with E-state index in [2.05, 4.69) is 35.9 Å². The maximum Gasteiger partial charge on any atom is 0.252 e. The molecule has 4 rings (SSSR count). The van der Waals surface area contributed by atoms with Crippen LogP contribution in [0.2, 0.25) is 0 Å². The summed E-state index contributed by atoms with van der Waals surface area (Å²) in [6.07, 6.45) is 3.63. The molecule has 0 radical (unpaired) electrons. The van der Waals surface area contributed by atoms with Gasteiger partial charge in [0, 0.05) is 30.3 Å². The molecule has 1 saturated heterocycles. The molecule has 0 saturated carbocycles. The Labute approximate surface area is 214 Å². The Hall–Kier alpha value is -3.09. The molecule has 1 amide bonds. The van der Waals surface area contributed by atoms with Crippen molar-refractivity contribution < 1.29 is 13.9 Å². The van der Waals surface area contributed by atoms with Crippen molar-refractivity contribution in [3.05, 3.63) is 77.0 Å². The highest BCUT2D eigenvalue weighted by Gasteiger charge is 2.20. The van der Waals surface area contributed by atoms with Crippen LogP contribution >= 0.6 is 0 Å². The molecule has 2 atom stereocenters. The number of hydrogen-bond acceptors (Lipinski definition) is 5. The predicted molar refractivity (Wildman–Crippen MR) is 144 cm³/mol. The van der Waals surface area contributed by atoms with Crippen LogP contribution < -0.4 is 20.7 Å². The number of ether oxygens (including phenoxy) is 1. The van der Waals surface area contributed by atoms with Crippen molar-refractivity contribution in [1.82, 2.24) is 16.0 Å². The molecule has 1 fully saturated rings. The number of amides is 1. The summed E-state index contributed by atoms with van der Waals surface area (Å²) in [5.41, 5.74) is 3.59. The summed E-state index contributed by atoms with van der Waals surface area (Å²) in [6.45, 7) is 10.8. The lowest BCUT2D eigenvalue weighted by Gasteiger charge is -2.28. The second-order valence-electron chi connectivity index (χ2n) is 9.74. The van der Waals surface area contributed by atoms with Crippen LogP contribution in [-0.4, -0.2) is 31.1 Å². The number of hydrogen-bond donors (Lipinski definition) is 3. The van der Waals surface area contributed by atoms with Gasteiger partial charge in [-0.3, -0.25) is 4.79 Å². The van der Waals surface area contributed by atoms with Gasteiger partial charge in [-0.1, -0.05) is 44.5 Å². The minimum absolute atomic E-state index is 0.105. The lowest BCUT2D eigenvalue weighted by Crippen LogP contribution is -2.50. The topological polar surface area (TPSA) is 75.5 Å². The summed E-state index contributed by atoms with van der Waals surface area (Å²) < 4.78 is 12.1. The summed E-state index contributed by atoms with van der Waals surface area (Å²) in [6, 6.07) is 18.3. The fourth-order valence-electron chi connectivity index (χ4n) is 4.45. The monoisotopic (exact) mass is 489 g/mol. The van der Waals surface area contributed by atoms with Gasteiger partial charge in [0.25, 0.3) is 5.91 Å². The van der Waals surface area contributed by atoms with Crippen LogP contribution in [0.5, 0.6) is 5.75 Å². The van der Waals surface area contributed by atoms with E-state index in [0.29, 0.717) is 11.6 Å². The van der Waals surface area contributed by atoms with Crippen LogP contribution in [0.1, 0.15) is 73.3 Å². The molecule has 1 aliphatic rings. The number of nitrogens with one attached hydrogen (secondary N) is 3. The van der Waals surface area contributed by atoms with Crippen molar-refractivity contribution >= 4 is 5.91 Å². The Bertz CT molecular complexity index is 1150. The molecule has 0 spiro atoms. The van der Waals surface area contributed by atoms with Gasteiger partial charge in [-0.25, -0.2) is 0 Å². The fraction of sp³-hybridized carbons (Fsp3) is 0.433. The van der Waals surface area contributed by atoms with E-state index < -0.39 is 0 Å². The smallest absolute Gasteiger partial charge is 0.252 e. The maximum absolute atomic E-state index is 13.1. The number of aryl methyl sites for hydroxylation is 1. The standard InChI is InChI=1S/C30H39N3O3/c1-5-8-24(6-2)32-19-26-13-14-29(36-26)23-10-7-9-22(15-23)21(4)33-30(34)28-16-25(12-11-20(28)3)35-27-17-31-18-27/h7,9-16,21,24,27,31-32H,5-6,8,17-19H2,1-4H3,(H,33,34). The SMILES string of the molecule is CCCC(CC)NCc1ccc(-c2cccc(C(C)NC(=O)c3cc(OC4CNC4)ccc3C)c2)o1. The molecule has 36 heavy (non-hydrogen) atoms. The molecule has 2 heterocycles. The van der Waals surface area contributed by atoms with Gasteiger partial charge in [0.05, 0.1) is 12.6 Å². The predicted octanol–water partition coefficient (Wildman–Crippen LogP) is 5.76. The summed E-state index contributed by atoms with van der Waals surface area (Å²) in [4.78, 5) is 13.1. The van der Waals surface area contributed by atoms with Crippen molar-refractivity contribution in [2.24, 2.45) is 0 Å². The molecule has 0 aliphatic carbocycles. The number of carbonyl (C=O) groups is 1. The highest BCUT2D eigenvalue weighted by molar-refractivity contribution is 5.96. The van der Waals surface area contributed by atoms with Crippen molar-refractivity contribution in [2.45, 2.75) is 71.7 Å². The van der Waals surface area contributed by atoms with Crippen molar-refractivity contribution in [2.75, 3.05) is 13.1 Å². The Morgan fingerprint density at radius 3 is 2.69 bits per heavy atom. The van der Waals surface area contributed by atoms with E-state index in [1.165, 1.54) is 12.8 Å². The first-order valence-electron chi connectivity index (χ1n) is 13.2. The Morgan fingerprint density at radius 1 is 1.14 bits per heavy atom. The Morgan fingerprint density at radius 2 is 1.97 bits per heavy atom. The van der Waals surface area contributed by atoms with Gasteiger partial charge in [-0.2, -0.15) is 0 Å². The number of furan rings is 1. The molecule has 6 heteroatoms. The van der Waals surface area contributed by atoms with Crippen molar-refractivity contribution in [3.8, 4) is 17.1 Å². The first-order chi connectivity index (χ1) is 17.5. The fourth-order valence-corrected chi connectivity index (χ4v) is 4.45. The summed E-state index contributed by atoms with van der Waals surface area (Å²) in [7, 11) is 0. The second-order valence-corrected chi connectivity index (χ2v) is 9.74. The zero-order valence-electron chi connectivity index (χ0n) is 21.9. The first-order valence-corrected chi connectivity index (χ1v) is 13.2. The van der Waals surface area contributed by atoms with E-state index in [1.807, 2.05) is 62.4 Å². The van der Waals surface area contributed by atoms with E-state index in [4.69, 9.17) is 9.15 Å². The average Bonchev–Trinajstić information content (AvgIpc) is 3.34. The zero-order valence-corrected chi connectivity index (χ0v) is 21.9. The van der Waals surface area contributed by atoms with Gasteiger partial charge in [0.15, 0.2) is 0 Å². The van der Waals surface area contributed by atoms with Gasteiger partial charge in [-0.05, 0) is 68.1 Å². The molecule has 2 aromatic carbocycles. The third-order valence-corrected chi connectivity index (χ3v) is 6.88. The second kappa shape index (κ2) is 12.2. The highest BCUT2D eigenvalue weighted by atomic mass is 16.5. The van der Waals surface area contributed by atoms with Gasteiger partial charge in [-0.15, -0.1) is 0 Å². The summed E-state index contributed by atoms with van der Waals surface area (Å²) >= 11 is 0. The van der Waals surface area contributed by atoms with Gasteiger partial charge in [0.1, 0.15) is 23.4 Å². The molecule has 3 aromatic rings. The van der Waals surface area contributed by atoms with E-state index in [1.54, 1.807) is 0 Å². The van der Waals surface area contributed by atoms with Crippen LogP contribution in [-0.2, 0) is 6.54 Å². The molecule has 6 nitrogen and oxygen atoms in total. The quantitative estimate of drug-likeness (QED) is 0.301. The van der Waals surface area contributed by atoms with Crippen LogP contribution in [0.15, 0.2) is 59.0 Å². The molecular weight excluding hydrogens is 450 g/mol. The third-order valence-electron chi connectivity index (χ3n) is 6.88. The largest absolute Gasteiger partial charge is 0.488 e. The van der Waals surface area contributed by atoms with E-state index in [9.17, 15) is 4.79 Å². The number of benzene rings is 2. The van der Waals surface area contributed by atoms with Crippen LogP contribution in [0.4, 0.5) is 0 Å². The van der Waals surface area contributed by atoms with E-state index >= 15 is 0 Å². The molecule has 1 aliphatic heterocycles. The molecule has 192 valence electrons. The summed E-state index contributed by atoms with van der Waals surface area (Å²) in [5.74, 6) is 2.39. The van der Waals surface area contributed by atoms with Crippen molar-refractivity contribution in [3.63, 3.8) is 0 Å². The molecular formula is C30H39N3O3. The Kier molecular flexibility index (Phi) is 8.83. The van der Waals surface area contributed by atoms with Crippen LogP contribution in [0, 0.1) is 6.92 Å². The molecule has 1 aromatic heterocycles. The van der Waals surface area contributed by atoms with Crippen molar-refractivity contribution in [1.29, 1.82) is 0 Å². The van der Waals surface area contributed by atoms with E-state index in [-0.39, 0.29) is 18.1 Å². The number of carbonyl (C=O) groups excluding carboxylic acids is 1. The molecule has 3 N–H and O–H groups in total. The minimum Gasteiger partial charge on any atom is -0.488 e. The van der Waals surface area contributed by atoms with E-state index in [0.717, 1.165) is 60.0 Å². The maximum atomic E-state index is 13.1. The highest BCUT2D eigenvalue weighted by Crippen LogP contribution is 2.26. The molecule has 0 bridgehead atoms. The normalized spacial score (nSPS) is 15.2. The van der Waals surface area contributed by atoms with Gasteiger partial charge in [0.2, 0.25) is 0 Å². The third kappa shape index (κ3) is 6.56. The van der Waals surface area contributed by atoms with Gasteiger partial charge < -0.3 is 25.1 Å². The molecule has 2 unspecified atom stereocenters. The van der Waals surface area contributed by atoms with Crippen LogP contribution in [0.25, 0.3) is 11.3 Å². The number of rotatable bonds is 12. The lowest BCUT2D eigenvalue weighted by atomic mass is 10.0.